The van der Waals surface area contributed by atoms with E-state index in [2.05, 4.69) is 20.1 Å². The first kappa shape index (κ1) is 16.2. The van der Waals surface area contributed by atoms with Crippen LogP contribution in [0.5, 0.6) is 0 Å². The van der Waals surface area contributed by atoms with Gasteiger partial charge in [-0.15, -0.1) is 5.10 Å². The van der Waals surface area contributed by atoms with Crippen molar-refractivity contribution in [3.05, 3.63) is 5.82 Å². The fourth-order valence-corrected chi connectivity index (χ4v) is 3.56. The van der Waals surface area contributed by atoms with E-state index >= 15 is 0 Å². The molecule has 0 spiro atoms. The maximum atomic E-state index is 12.7. The second-order valence-electron chi connectivity index (χ2n) is 6.46. The number of methoxy groups -OCH3 is 1. The van der Waals surface area contributed by atoms with Gasteiger partial charge in [0.25, 0.3) is 0 Å². The molecular weight excluding hydrogens is 296 g/mol. The molecule has 0 saturated carbocycles. The lowest BCUT2D eigenvalue weighted by Gasteiger charge is -2.32. The van der Waals surface area contributed by atoms with Crippen molar-refractivity contribution in [1.82, 2.24) is 25.0 Å². The van der Waals surface area contributed by atoms with Crippen LogP contribution in [0.15, 0.2) is 0 Å². The number of amides is 1. The highest BCUT2D eigenvalue weighted by Crippen LogP contribution is 2.28. The van der Waals surface area contributed by atoms with Crippen molar-refractivity contribution in [2.24, 2.45) is 5.92 Å². The molecule has 1 aromatic rings. The van der Waals surface area contributed by atoms with Crippen LogP contribution in [0.3, 0.4) is 0 Å². The molecule has 2 aliphatic rings. The van der Waals surface area contributed by atoms with Crippen molar-refractivity contribution >= 4 is 11.9 Å². The number of hydrogen-bond acceptors (Lipinski definition) is 6. The molecule has 0 radical (unpaired) electrons. The molecule has 3 N–H and O–H groups in total. The Kier molecular flexibility index (Phi) is 5.12. The highest BCUT2D eigenvalue weighted by Gasteiger charge is 2.33. The van der Waals surface area contributed by atoms with Crippen LogP contribution in [0.2, 0.25) is 0 Å². The molecule has 8 heteroatoms. The number of nitrogens with zero attached hydrogens (tertiary/aromatic N) is 4. The summed E-state index contributed by atoms with van der Waals surface area (Å²) in [5.41, 5.74) is 5.56. The number of aromatic nitrogens is 3. The summed E-state index contributed by atoms with van der Waals surface area (Å²) in [6.45, 7) is 5.08. The van der Waals surface area contributed by atoms with Crippen molar-refractivity contribution in [2.75, 3.05) is 52.2 Å². The number of carbonyl (C=O) groups is 1. The molecule has 1 aromatic heterocycles. The number of rotatable bonds is 5. The van der Waals surface area contributed by atoms with Crippen LogP contribution in [-0.4, -0.2) is 77.3 Å². The van der Waals surface area contributed by atoms with Gasteiger partial charge in [0.15, 0.2) is 0 Å². The number of nitrogens with one attached hydrogen (secondary N) is 1. The molecule has 128 valence electrons. The second-order valence-corrected chi connectivity index (χ2v) is 6.46. The Morgan fingerprint density at radius 2 is 2.13 bits per heavy atom. The summed E-state index contributed by atoms with van der Waals surface area (Å²) >= 11 is 0. The average Bonchev–Trinajstić information content (AvgIpc) is 3.21. The minimum atomic E-state index is 0.143. The van der Waals surface area contributed by atoms with Gasteiger partial charge in [-0.05, 0) is 25.8 Å². The zero-order valence-electron chi connectivity index (χ0n) is 13.7. The number of nitrogen functional groups attached to an aromatic ring is 1. The molecule has 2 aliphatic heterocycles. The van der Waals surface area contributed by atoms with Gasteiger partial charge in [-0.3, -0.25) is 9.89 Å². The van der Waals surface area contributed by atoms with Crippen LogP contribution < -0.4 is 5.73 Å². The molecule has 0 aromatic carbocycles. The molecule has 0 bridgehead atoms. The van der Waals surface area contributed by atoms with Crippen LogP contribution in [0.4, 0.5) is 5.95 Å². The SMILES string of the molecule is COCCN1CC[C@@H](C(=O)N2CCC(c3nc(N)n[nH]3)CC2)C1. The third kappa shape index (κ3) is 3.81. The summed E-state index contributed by atoms with van der Waals surface area (Å²) in [7, 11) is 1.71. The van der Waals surface area contributed by atoms with E-state index < -0.39 is 0 Å². The molecule has 3 heterocycles. The smallest absolute Gasteiger partial charge is 0.239 e. The molecule has 1 atom stereocenters. The molecule has 23 heavy (non-hydrogen) atoms. The zero-order valence-corrected chi connectivity index (χ0v) is 13.7. The van der Waals surface area contributed by atoms with E-state index in [9.17, 15) is 4.79 Å². The van der Waals surface area contributed by atoms with E-state index in [-0.39, 0.29) is 5.92 Å². The van der Waals surface area contributed by atoms with Crippen molar-refractivity contribution in [2.45, 2.75) is 25.2 Å². The van der Waals surface area contributed by atoms with E-state index in [1.165, 1.54) is 0 Å². The van der Waals surface area contributed by atoms with Gasteiger partial charge in [-0.25, -0.2) is 0 Å². The standard InChI is InChI=1S/C15H26N6O2/c1-23-9-8-20-5-2-12(10-20)14(22)21-6-3-11(4-7-21)13-17-15(16)19-18-13/h11-12H,2-10H2,1H3,(H3,16,17,18,19)/t12-/m1/s1. The maximum Gasteiger partial charge on any atom is 0.239 e. The summed E-state index contributed by atoms with van der Waals surface area (Å²) < 4.78 is 5.11. The third-order valence-corrected chi connectivity index (χ3v) is 4.95. The number of hydrogen-bond donors (Lipinski definition) is 2. The summed E-state index contributed by atoms with van der Waals surface area (Å²) in [5, 5.41) is 6.78. The minimum absolute atomic E-state index is 0.143. The molecule has 2 saturated heterocycles. The number of nitrogens with two attached hydrogens (primary N) is 1. The fraction of sp³-hybridized carbons (Fsp3) is 0.800. The van der Waals surface area contributed by atoms with E-state index in [0.29, 0.717) is 17.8 Å². The highest BCUT2D eigenvalue weighted by atomic mass is 16.5. The molecule has 1 amide bonds. The van der Waals surface area contributed by atoms with Crippen molar-refractivity contribution in [3.63, 3.8) is 0 Å². The monoisotopic (exact) mass is 322 g/mol. The lowest BCUT2D eigenvalue weighted by Crippen LogP contribution is -2.42. The highest BCUT2D eigenvalue weighted by molar-refractivity contribution is 5.79. The number of aromatic amines is 1. The number of H-pyrrole nitrogens is 1. The van der Waals surface area contributed by atoms with Gasteiger partial charge in [-0.1, -0.05) is 0 Å². The topological polar surface area (TPSA) is 100 Å². The lowest BCUT2D eigenvalue weighted by atomic mass is 9.95. The van der Waals surface area contributed by atoms with E-state index in [4.69, 9.17) is 10.5 Å². The molecule has 0 aliphatic carbocycles. The summed E-state index contributed by atoms with van der Waals surface area (Å²) in [4.78, 5) is 21.2. The summed E-state index contributed by atoms with van der Waals surface area (Å²) in [5.74, 6) is 1.91. The second kappa shape index (κ2) is 7.27. The van der Waals surface area contributed by atoms with Crippen LogP contribution in [0.1, 0.15) is 31.0 Å². The largest absolute Gasteiger partial charge is 0.383 e. The third-order valence-electron chi connectivity index (χ3n) is 4.95. The van der Waals surface area contributed by atoms with Gasteiger partial charge in [0, 0.05) is 39.2 Å². The van der Waals surface area contributed by atoms with E-state index in [1.807, 2.05) is 4.90 Å². The number of piperidine rings is 1. The van der Waals surface area contributed by atoms with E-state index in [1.54, 1.807) is 7.11 Å². The Morgan fingerprint density at radius 1 is 1.35 bits per heavy atom. The van der Waals surface area contributed by atoms with Gasteiger partial charge in [-0.2, -0.15) is 4.98 Å². The number of likely N-dealkylation sites (tertiary alicyclic amines) is 2. The quantitative estimate of drug-likeness (QED) is 0.795. The summed E-state index contributed by atoms with van der Waals surface area (Å²) in [6.07, 6.45) is 2.79. The normalized spacial score (nSPS) is 23.5. The number of anilines is 1. The van der Waals surface area contributed by atoms with Gasteiger partial charge in [0.1, 0.15) is 5.82 Å². The Bertz CT molecular complexity index is 526. The summed E-state index contributed by atoms with van der Waals surface area (Å²) in [6, 6.07) is 0. The predicted octanol–water partition coefficient (Wildman–Crippen LogP) is 0.0612. The molecule has 2 fully saturated rings. The first-order valence-electron chi connectivity index (χ1n) is 8.35. The Balaban J connectivity index is 1.47. The van der Waals surface area contributed by atoms with Crippen molar-refractivity contribution in [1.29, 1.82) is 0 Å². The van der Waals surface area contributed by atoms with Gasteiger partial charge >= 0.3 is 0 Å². The first-order chi connectivity index (χ1) is 11.2. The van der Waals surface area contributed by atoms with Crippen LogP contribution in [-0.2, 0) is 9.53 Å². The fourth-order valence-electron chi connectivity index (χ4n) is 3.56. The number of ether oxygens (including phenoxy) is 1. The zero-order chi connectivity index (χ0) is 16.2. The molecule has 0 unspecified atom stereocenters. The van der Waals surface area contributed by atoms with Crippen LogP contribution in [0.25, 0.3) is 0 Å². The van der Waals surface area contributed by atoms with E-state index in [0.717, 1.165) is 64.4 Å². The lowest BCUT2D eigenvalue weighted by molar-refractivity contribution is -0.136. The Hall–Kier alpha value is -1.67. The molecule has 8 nitrogen and oxygen atoms in total. The molecule has 3 rings (SSSR count). The van der Waals surface area contributed by atoms with Crippen molar-refractivity contribution in [3.8, 4) is 0 Å². The first-order valence-corrected chi connectivity index (χ1v) is 8.35. The average molecular weight is 322 g/mol. The Labute approximate surface area is 136 Å². The Morgan fingerprint density at radius 3 is 2.78 bits per heavy atom. The van der Waals surface area contributed by atoms with Gasteiger partial charge < -0.3 is 20.3 Å². The predicted molar refractivity (Wildman–Crippen MR) is 85.8 cm³/mol. The maximum absolute atomic E-state index is 12.7. The van der Waals surface area contributed by atoms with Gasteiger partial charge in [0.2, 0.25) is 11.9 Å². The number of carbonyl (C=O) groups excluding carboxylic acids is 1. The minimum Gasteiger partial charge on any atom is -0.383 e. The van der Waals surface area contributed by atoms with Crippen LogP contribution in [0, 0.1) is 5.92 Å². The van der Waals surface area contributed by atoms with Gasteiger partial charge in [0.05, 0.1) is 12.5 Å². The van der Waals surface area contributed by atoms with Crippen molar-refractivity contribution < 1.29 is 9.53 Å². The molecular formula is C15H26N6O2. The van der Waals surface area contributed by atoms with Crippen LogP contribution >= 0.6 is 0 Å².